The van der Waals surface area contributed by atoms with Gasteiger partial charge >= 0.3 is 0 Å². The molecule has 1 saturated carbocycles. The van der Waals surface area contributed by atoms with E-state index in [0.29, 0.717) is 15.7 Å². The Kier molecular flexibility index (Phi) is 3.22. The molecule has 0 bridgehead atoms. The van der Waals surface area contributed by atoms with E-state index >= 15 is 0 Å². The second-order valence-electron chi connectivity index (χ2n) is 5.01. The third-order valence-electron chi connectivity index (χ3n) is 3.40. The first-order chi connectivity index (χ1) is 9.49. The summed E-state index contributed by atoms with van der Waals surface area (Å²) < 4.78 is 27.8. The number of para-hydroxylation sites is 1. The molecule has 1 aromatic heterocycles. The summed E-state index contributed by atoms with van der Waals surface area (Å²) in [5.74, 6) is 0.347. The maximum absolute atomic E-state index is 12.5. The zero-order valence-electron chi connectivity index (χ0n) is 11.0. The Morgan fingerprint density at radius 3 is 2.75 bits per heavy atom. The minimum Gasteiger partial charge on any atom is -0.505 e. The van der Waals surface area contributed by atoms with E-state index in [-0.39, 0.29) is 11.4 Å². The second kappa shape index (κ2) is 4.79. The number of nitrogens with one attached hydrogen (secondary N) is 1. The molecule has 0 atom stereocenters. The number of hydrogen-bond acceptors (Lipinski definition) is 4. The molecule has 3 rings (SSSR count). The number of aryl methyl sites for hydroxylation is 1. The number of aromatic hydroxyl groups is 1. The van der Waals surface area contributed by atoms with Gasteiger partial charge in [-0.05, 0) is 54.3 Å². The van der Waals surface area contributed by atoms with Crippen molar-refractivity contribution >= 4 is 27.0 Å². The highest BCUT2D eigenvalue weighted by molar-refractivity contribution is 7.94. The first kappa shape index (κ1) is 13.5. The van der Waals surface area contributed by atoms with E-state index < -0.39 is 10.0 Å². The summed E-state index contributed by atoms with van der Waals surface area (Å²) in [6.07, 6.45) is 2.10. The van der Waals surface area contributed by atoms with Crippen LogP contribution in [0.4, 0.5) is 5.69 Å². The van der Waals surface area contributed by atoms with Crippen LogP contribution in [0.2, 0.25) is 0 Å². The molecule has 4 nitrogen and oxygen atoms in total. The smallest absolute Gasteiger partial charge is 0.271 e. The fourth-order valence-corrected chi connectivity index (χ4v) is 4.75. The fourth-order valence-electron chi connectivity index (χ4n) is 2.15. The Morgan fingerprint density at radius 1 is 1.30 bits per heavy atom. The average Bonchev–Trinajstić information content (AvgIpc) is 3.11. The molecule has 0 amide bonds. The molecule has 0 unspecified atom stereocenters. The van der Waals surface area contributed by atoms with Crippen molar-refractivity contribution in [3.8, 4) is 5.75 Å². The molecule has 2 aromatic rings. The number of benzene rings is 1. The van der Waals surface area contributed by atoms with Gasteiger partial charge in [-0.25, -0.2) is 8.42 Å². The maximum Gasteiger partial charge on any atom is 0.271 e. The molecular formula is C14H15NO3S2. The highest BCUT2D eigenvalue weighted by atomic mass is 32.2. The third-order valence-corrected chi connectivity index (χ3v) is 6.28. The number of rotatable bonds is 4. The molecule has 1 aliphatic carbocycles. The van der Waals surface area contributed by atoms with Crippen molar-refractivity contribution in [1.82, 2.24) is 0 Å². The van der Waals surface area contributed by atoms with Crippen LogP contribution < -0.4 is 4.72 Å². The lowest BCUT2D eigenvalue weighted by atomic mass is 10.2. The number of thiophene rings is 1. The summed E-state index contributed by atoms with van der Waals surface area (Å²) in [7, 11) is -3.64. The van der Waals surface area contributed by atoms with Gasteiger partial charge in [0.15, 0.2) is 0 Å². The normalized spacial score (nSPS) is 15.2. The summed E-state index contributed by atoms with van der Waals surface area (Å²) in [6.45, 7) is 1.73. The van der Waals surface area contributed by atoms with Gasteiger partial charge in [0.2, 0.25) is 0 Å². The minimum absolute atomic E-state index is 0.0272. The van der Waals surface area contributed by atoms with Gasteiger partial charge in [0.25, 0.3) is 10.0 Å². The van der Waals surface area contributed by atoms with Crippen LogP contribution in [0.3, 0.4) is 0 Å². The van der Waals surface area contributed by atoms with Gasteiger partial charge in [-0.2, -0.15) is 0 Å². The largest absolute Gasteiger partial charge is 0.505 e. The van der Waals surface area contributed by atoms with Crippen molar-refractivity contribution in [3.05, 3.63) is 40.8 Å². The number of phenols is 1. The van der Waals surface area contributed by atoms with Gasteiger partial charge in [-0.15, -0.1) is 11.3 Å². The van der Waals surface area contributed by atoms with Crippen LogP contribution in [0.5, 0.6) is 5.75 Å². The molecule has 0 saturated heterocycles. The first-order valence-corrected chi connectivity index (χ1v) is 8.74. The van der Waals surface area contributed by atoms with E-state index in [1.165, 1.54) is 11.3 Å². The average molecular weight is 309 g/mol. The molecule has 0 spiro atoms. The van der Waals surface area contributed by atoms with E-state index in [9.17, 15) is 13.5 Å². The monoisotopic (exact) mass is 309 g/mol. The Morgan fingerprint density at radius 2 is 2.05 bits per heavy atom. The molecule has 0 radical (unpaired) electrons. The van der Waals surface area contributed by atoms with Gasteiger partial charge in [0, 0.05) is 0 Å². The zero-order chi connectivity index (χ0) is 14.3. The zero-order valence-corrected chi connectivity index (χ0v) is 12.6. The first-order valence-electron chi connectivity index (χ1n) is 6.38. The van der Waals surface area contributed by atoms with Gasteiger partial charge in [0.05, 0.1) is 5.69 Å². The van der Waals surface area contributed by atoms with Gasteiger partial charge < -0.3 is 5.11 Å². The summed E-state index contributed by atoms with van der Waals surface area (Å²) >= 11 is 1.22. The van der Waals surface area contributed by atoms with Crippen molar-refractivity contribution in [2.24, 2.45) is 0 Å². The lowest BCUT2D eigenvalue weighted by molar-refractivity contribution is 0.473. The van der Waals surface area contributed by atoms with Crippen molar-refractivity contribution in [1.29, 1.82) is 0 Å². The summed E-state index contributed by atoms with van der Waals surface area (Å²) in [5.41, 5.74) is 1.76. The Bertz CT molecular complexity index is 746. The topological polar surface area (TPSA) is 66.4 Å². The molecule has 2 N–H and O–H groups in total. The quantitative estimate of drug-likeness (QED) is 0.850. The van der Waals surface area contributed by atoms with Crippen LogP contribution in [0, 0.1) is 6.92 Å². The predicted octanol–water partition coefficient (Wildman–Crippen LogP) is 3.44. The maximum atomic E-state index is 12.5. The molecule has 6 heteroatoms. The molecule has 1 aliphatic rings. The highest BCUT2D eigenvalue weighted by Crippen LogP contribution is 2.45. The fraction of sp³-hybridized carbons (Fsp3) is 0.286. The second-order valence-corrected chi connectivity index (χ2v) is 7.81. The molecule has 1 aromatic carbocycles. The van der Waals surface area contributed by atoms with Crippen LogP contribution in [-0.2, 0) is 10.0 Å². The van der Waals surface area contributed by atoms with Crippen molar-refractivity contribution in [2.75, 3.05) is 4.72 Å². The van der Waals surface area contributed by atoms with Crippen LogP contribution in [0.25, 0.3) is 0 Å². The van der Waals surface area contributed by atoms with Gasteiger partial charge in [-0.3, -0.25) is 4.72 Å². The number of anilines is 1. The van der Waals surface area contributed by atoms with E-state index in [1.54, 1.807) is 30.5 Å². The van der Waals surface area contributed by atoms with Crippen molar-refractivity contribution in [2.45, 2.75) is 29.9 Å². The molecule has 20 heavy (non-hydrogen) atoms. The molecule has 0 aliphatic heterocycles. The van der Waals surface area contributed by atoms with Crippen LogP contribution in [0.1, 0.15) is 29.9 Å². The third kappa shape index (κ3) is 2.41. The van der Waals surface area contributed by atoms with Crippen molar-refractivity contribution < 1.29 is 13.5 Å². The van der Waals surface area contributed by atoms with Crippen LogP contribution in [-0.4, -0.2) is 13.5 Å². The van der Waals surface area contributed by atoms with E-state index in [2.05, 4.69) is 4.72 Å². The number of phenolic OH excluding ortho intramolecular Hbond substituents is 1. The Balaban J connectivity index is 1.96. The van der Waals surface area contributed by atoms with E-state index in [1.807, 2.05) is 6.07 Å². The van der Waals surface area contributed by atoms with E-state index in [4.69, 9.17) is 0 Å². The number of sulfonamides is 1. The molecule has 1 heterocycles. The standard InChI is InChI=1S/C14H15NO3S2/c1-9-3-2-4-12(13(9)16)15-20(17,18)14-11(7-8-19-14)10-5-6-10/h2-4,7-8,10,15-16H,5-6H2,1H3. The molecule has 106 valence electrons. The summed E-state index contributed by atoms with van der Waals surface area (Å²) in [6, 6.07) is 6.88. The summed E-state index contributed by atoms with van der Waals surface area (Å²) in [5, 5.41) is 11.7. The lowest BCUT2D eigenvalue weighted by Gasteiger charge is -2.11. The SMILES string of the molecule is Cc1cccc(NS(=O)(=O)c2sccc2C2CC2)c1O. The lowest BCUT2D eigenvalue weighted by Crippen LogP contribution is -2.13. The Labute approximate surface area is 122 Å². The van der Waals surface area contributed by atoms with Gasteiger partial charge in [-0.1, -0.05) is 12.1 Å². The van der Waals surface area contributed by atoms with Gasteiger partial charge in [0.1, 0.15) is 9.96 Å². The Hall–Kier alpha value is -1.53. The van der Waals surface area contributed by atoms with Crippen LogP contribution >= 0.6 is 11.3 Å². The predicted molar refractivity (Wildman–Crippen MR) is 79.9 cm³/mol. The summed E-state index contributed by atoms with van der Waals surface area (Å²) in [4.78, 5) is 0. The molecule has 1 fully saturated rings. The van der Waals surface area contributed by atoms with Crippen LogP contribution in [0.15, 0.2) is 33.9 Å². The van der Waals surface area contributed by atoms with E-state index in [0.717, 1.165) is 18.4 Å². The minimum atomic E-state index is -3.64. The van der Waals surface area contributed by atoms with Crippen molar-refractivity contribution in [3.63, 3.8) is 0 Å². The highest BCUT2D eigenvalue weighted by Gasteiger charge is 2.31. The number of hydrogen-bond donors (Lipinski definition) is 2. The molecular weight excluding hydrogens is 294 g/mol.